The minimum absolute atomic E-state index is 0.0248. The highest BCUT2D eigenvalue weighted by Crippen LogP contribution is 2.23. The van der Waals surface area contributed by atoms with Crippen LogP contribution < -0.4 is 10.6 Å². The Kier molecular flexibility index (Phi) is 4.67. The van der Waals surface area contributed by atoms with Crippen LogP contribution in [0.3, 0.4) is 0 Å². The molecular formula is C20H17FN6O. The third-order valence-electron chi connectivity index (χ3n) is 4.35. The average Bonchev–Trinajstić information content (AvgIpc) is 3.19. The van der Waals surface area contributed by atoms with Crippen molar-refractivity contribution in [2.75, 3.05) is 10.6 Å². The van der Waals surface area contributed by atoms with Gasteiger partial charge in [-0.2, -0.15) is 0 Å². The molecule has 0 spiro atoms. The van der Waals surface area contributed by atoms with Crippen molar-refractivity contribution < 1.29 is 9.18 Å². The van der Waals surface area contributed by atoms with E-state index in [-0.39, 0.29) is 17.8 Å². The SMILES string of the molecule is C[C@@H](Nc1ncnc2nc[nH]c12)c1ccc(NC(=O)c2ccc(F)cc2)cc1. The van der Waals surface area contributed by atoms with Crippen LogP contribution in [0.25, 0.3) is 11.2 Å². The summed E-state index contributed by atoms with van der Waals surface area (Å²) in [6.45, 7) is 2.01. The van der Waals surface area contributed by atoms with Crippen LogP contribution in [0.5, 0.6) is 0 Å². The second kappa shape index (κ2) is 7.43. The zero-order chi connectivity index (χ0) is 19.5. The molecule has 8 heteroatoms. The first kappa shape index (κ1) is 17.6. The molecule has 0 saturated carbocycles. The van der Waals surface area contributed by atoms with Gasteiger partial charge in [0.2, 0.25) is 0 Å². The molecule has 2 aromatic heterocycles. The van der Waals surface area contributed by atoms with Crippen molar-refractivity contribution in [3.63, 3.8) is 0 Å². The number of imidazole rings is 1. The number of carbonyl (C=O) groups excluding carboxylic acids is 1. The first-order valence-electron chi connectivity index (χ1n) is 8.67. The molecule has 0 radical (unpaired) electrons. The quantitative estimate of drug-likeness (QED) is 0.491. The van der Waals surface area contributed by atoms with E-state index >= 15 is 0 Å². The number of nitrogens with zero attached hydrogens (tertiary/aromatic N) is 3. The van der Waals surface area contributed by atoms with Crippen LogP contribution in [0.15, 0.2) is 61.2 Å². The summed E-state index contributed by atoms with van der Waals surface area (Å²) < 4.78 is 13.0. The van der Waals surface area contributed by atoms with Gasteiger partial charge in [0.15, 0.2) is 11.5 Å². The van der Waals surface area contributed by atoms with Crippen LogP contribution >= 0.6 is 0 Å². The molecule has 4 rings (SSSR count). The molecule has 0 bridgehead atoms. The lowest BCUT2D eigenvalue weighted by Gasteiger charge is -2.16. The number of fused-ring (bicyclic) bond motifs is 1. The van der Waals surface area contributed by atoms with E-state index in [1.807, 2.05) is 31.2 Å². The molecule has 2 heterocycles. The number of anilines is 2. The molecule has 0 fully saturated rings. The van der Waals surface area contributed by atoms with Gasteiger partial charge in [-0.3, -0.25) is 4.79 Å². The fourth-order valence-electron chi connectivity index (χ4n) is 2.82. The van der Waals surface area contributed by atoms with Crippen molar-refractivity contribution in [3.8, 4) is 0 Å². The lowest BCUT2D eigenvalue weighted by atomic mass is 10.1. The zero-order valence-electron chi connectivity index (χ0n) is 15.0. The molecule has 0 aliphatic heterocycles. The highest BCUT2D eigenvalue weighted by Gasteiger charge is 2.11. The molecule has 4 aromatic rings. The van der Waals surface area contributed by atoms with Gasteiger partial charge >= 0.3 is 0 Å². The van der Waals surface area contributed by atoms with Crippen molar-refractivity contribution in [3.05, 3.63) is 78.1 Å². The van der Waals surface area contributed by atoms with Crippen LogP contribution in [-0.4, -0.2) is 25.8 Å². The smallest absolute Gasteiger partial charge is 0.255 e. The van der Waals surface area contributed by atoms with Gasteiger partial charge in [0.05, 0.1) is 12.4 Å². The van der Waals surface area contributed by atoms with E-state index < -0.39 is 0 Å². The van der Waals surface area contributed by atoms with Gasteiger partial charge in [-0.25, -0.2) is 19.3 Å². The van der Waals surface area contributed by atoms with Gasteiger partial charge in [-0.15, -0.1) is 0 Å². The van der Waals surface area contributed by atoms with Gasteiger partial charge in [0.1, 0.15) is 17.7 Å². The number of nitrogens with one attached hydrogen (secondary N) is 3. The van der Waals surface area contributed by atoms with Crippen LogP contribution in [0.4, 0.5) is 15.9 Å². The highest BCUT2D eigenvalue weighted by atomic mass is 19.1. The fourth-order valence-corrected chi connectivity index (χ4v) is 2.82. The van der Waals surface area contributed by atoms with E-state index in [2.05, 4.69) is 30.6 Å². The molecule has 0 saturated heterocycles. The third-order valence-corrected chi connectivity index (χ3v) is 4.35. The lowest BCUT2D eigenvalue weighted by molar-refractivity contribution is 0.102. The maximum absolute atomic E-state index is 13.0. The standard InChI is InChI=1S/C20H17FN6O/c1-12(26-19-17-18(23-10-22-17)24-11-25-19)13-4-8-16(9-5-13)27-20(28)14-2-6-15(21)7-3-14/h2-12H,1H3,(H,27,28)(H2,22,23,24,25,26)/t12-/m1/s1. The molecule has 140 valence electrons. The molecular weight excluding hydrogens is 359 g/mol. The van der Waals surface area contributed by atoms with Crippen molar-refractivity contribution in [2.45, 2.75) is 13.0 Å². The Morgan fingerprint density at radius 2 is 1.79 bits per heavy atom. The number of H-pyrrole nitrogens is 1. The first-order valence-corrected chi connectivity index (χ1v) is 8.67. The normalized spacial score (nSPS) is 11.9. The van der Waals surface area contributed by atoms with Gasteiger partial charge in [-0.05, 0) is 48.9 Å². The minimum atomic E-state index is -0.376. The zero-order valence-corrected chi connectivity index (χ0v) is 15.0. The average molecular weight is 376 g/mol. The number of benzene rings is 2. The maximum atomic E-state index is 13.0. The van der Waals surface area contributed by atoms with Gasteiger partial charge in [-0.1, -0.05) is 12.1 Å². The topological polar surface area (TPSA) is 95.6 Å². The number of hydrogen-bond donors (Lipinski definition) is 3. The monoisotopic (exact) mass is 376 g/mol. The van der Waals surface area contributed by atoms with E-state index in [9.17, 15) is 9.18 Å². The summed E-state index contributed by atoms with van der Waals surface area (Å²) in [4.78, 5) is 27.7. The lowest BCUT2D eigenvalue weighted by Crippen LogP contribution is -2.12. The molecule has 1 amide bonds. The Hall–Kier alpha value is -3.81. The van der Waals surface area contributed by atoms with Gasteiger partial charge in [0.25, 0.3) is 5.91 Å². The van der Waals surface area contributed by atoms with E-state index in [1.165, 1.54) is 30.6 Å². The molecule has 3 N–H and O–H groups in total. The Morgan fingerprint density at radius 1 is 1.04 bits per heavy atom. The van der Waals surface area contributed by atoms with Crippen molar-refractivity contribution >= 4 is 28.6 Å². The second-order valence-electron chi connectivity index (χ2n) is 6.27. The van der Waals surface area contributed by atoms with E-state index in [0.29, 0.717) is 22.7 Å². The summed E-state index contributed by atoms with van der Waals surface area (Å²) in [7, 11) is 0. The molecule has 2 aromatic carbocycles. The van der Waals surface area contributed by atoms with E-state index in [4.69, 9.17) is 0 Å². The number of aromatic nitrogens is 4. The second-order valence-corrected chi connectivity index (χ2v) is 6.27. The van der Waals surface area contributed by atoms with Crippen LogP contribution in [-0.2, 0) is 0 Å². The maximum Gasteiger partial charge on any atom is 0.255 e. The number of rotatable bonds is 5. The first-order chi connectivity index (χ1) is 13.6. The largest absolute Gasteiger partial charge is 0.362 e. The molecule has 28 heavy (non-hydrogen) atoms. The number of carbonyl (C=O) groups is 1. The van der Waals surface area contributed by atoms with Gasteiger partial charge in [0, 0.05) is 11.3 Å². The summed E-state index contributed by atoms with van der Waals surface area (Å²) in [6.07, 6.45) is 3.04. The summed E-state index contributed by atoms with van der Waals surface area (Å²) in [5.41, 5.74) is 3.42. The Bertz CT molecular complexity index is 1110. The van der Waals surface area contributed by atoms with Crippen molar-refractivity contribution in [2.24, 2.45) is 0 Å². The third kappa shape index (κ3) is 3.66. The van der Waals surface area contributed by atoms with E-state index in [1.54, 1.807) is 6.33 Å². The number of aromatic amines is 1. The predicted octanol–water partition coefficient (Wildman–Crippen LogP) is 3.92. The summed E-state index contributed by atoms with van der Waals surface area (Å²) in [5, 5.41) is 6.13. The fraction of sp³-hybridized carbons (Fsp3) is 0.100. The van der Waals surface area contributed by atoms with Crippen molar-refractivity contribution in [1.29, 1.82) is 0 Å². The summed E-state index contributed by atoms with van der Waals surface area (Å²) >= 11 is 0. The van der Waals surface area contributed by atoms with Crippen LogP contribution in [0, 0.1) is 5.82 Å². The predicted molar refractivity (Wildman–Crippen MR) is 105 cm³/mol. The summed E-state index contributed by atoms with van der Waals surface area (Å²) in [5.74, 6) is 0.00344. The highest BCUT2D eigenvalue weighted by molar-refractivity contribution is 6.04. The van der Waals surface area contributed by atoms with Gasteiger partial charge < -0.3 is 15.6 Å². The van der Waals surface area contributed by atoms with Crippen LogP contribution in [0.1, 0.15) is 28.9 Å². The summed E-state index contributed by atoms with van der Waals surface area (Å²) in [6, 6.07) is 12.9. The molecule has 0 aliphatic rings. The van der Waals surface area contributed by atoms with Crippen LogP contribution in [0.2, 0.25) is 0 Å². The Balaban J connectivity index is 1.44. The Labute approximate surface area is 160 Å². The number of halogens is 1. The number of hydrogen-bond acceptors (Lipinski definition) is 5. The number of amides is 1. The molecule has 7 nitrogen and oxygen atoms in total. The van der Waals surface area contributed by atoms with E-state index in [0.717, 1.165) is 11.1 Å². The molecule has 0 unspecified atom stereocenters. The van der Waals surface area contributed by atoms with Crippen molar-refractivity contribution in [1.82, 2.24) is 19.9 Å². The molecule has 1 atom stereocenters. The molecule has 0 aliphatic carbocycles. The minimum Gasteiger partial charge on any atom is -0.362 e. The Morgan fingerprint density at radius 3 is 2.54 bits per heavy atom.